The molecule has 1 heterocycles. The van der Waals surface area contributed by atoms with Gasteiger partial charge in [0.2, 0.25) is 0 Å². The Kier molecular flexibility index (Phi) is 3.08. The van der Waals surface area contributed by atoms with Crippen LogP contribution in [-0.4, -0.2) is 5.78 Å². The molecule has 0 N–H and O–H groups in total. The minimum atomic E-state index is -0.569. The van der Waals surface area contributed by atoms with Gasteiger partial charge < -0.3 is 0 Å². The second-order valence-electron chi connectivity index (χ2n) is 3.35. The van der Waals surface area contributed by atoms with Gasteiger partial charge in [-0.25, -0.2) is 4.39 Å². The van der Waals surface area contributed by atoms with E-state index in [0.717, 1.165) is 4.88 Å². The summed E-state index contributed by atoms with van der Waals surface area (Å²) in [4.78, 5) is 12.9. The zero-order valence-electron chi connectivity index (χ0n) is 8.46. The number of aryl methyl sites for hydroxylation is 1. The molecular weight excluding hydrogens is 247 g/mol. The van der Waals surface area contributed by atoms with Gasteiger partial charge in [-0.3, -0.25) is 4.79 Å². The molecule has 16 heavy (non-hydrogen) atoms. The summed E-state index contributed by atoms with van der Waals surface area (Å²) in [6.07, 6.45) is 0. The number of ketones is 1. The largest absolute Gasteiger partial charge is 0.289 e. The minimum Gasteiger partial charge on any atom is -0.289 e. The number of carbonyl (C=O) groups is 1. The Bertz CT molecular complexity index is 548. The van der Waals surface area contributed by atoms with Crippen molar-refractivity contribution < 1.29 is 9.18 Å². The number of benzene rings is 1. The van der Waals surface area contributed by atoms with Crippen LogP contribution in [0.15, 0.2) is 29.6 Å². The fourth-order valence-electron chi connectivity index (χ4n) is 1.41. The first-order valence-electron chi connectivity index (χ1n) is 4.63. The van der Waals surface area contributed by atoms with E-state index >= 15 is 0 Å². The Balaban J connectivity index is 2.42. The lowest BCUT2D eigenvalue weighted by Crippen LogP contribution is -2.01. The normalized spacial score (nSPS) is 10.4. The van der Waals surface area contributed by atoms with Gasteiger partial charge in [0.1, 0.15) is 5.82 Å². The Hall–Kier alpha value is -1.19. The molecule has 4 heteroatoms. The predicted octanol–water partition coefficient (Wildman–Crippen LogP) is 4.08. The second-order valence-corrected chi connectivity index (χ2v) is 4.88. The van der Waals surface area contributed by atoms with Crippen molar-refractivity contribution in [3.05, 3.63) is 56.5 Å². The van der Waals surface area contributed by atoms with Crippen molar-refractivity contribution in [1.82, 2.24) is 0 Å². The lowest BCUT2D eigenvalue weighted by Gasteiger charge is -2.01. The Morgan fingerprint density at radius 1 is 1.38 bits per heavy atom. The van der Waals surface area contributed by atoms with E-state index in [-0.39, 0.29) is 10.8 Å². The van der Waals surface area contributed by atoms with Gasteiger partial charge >= 0.3 is 0 Å². The molecule has 82 valence electrons. The van der Waals surface area contributed by atoms with Crippen LogP contribution in [0.4, 0.5) is 4.39 Å². The maximum absolute atomic E-state index is 13.2. The van der Waals surface area contributed by atoms with Gasteiger partial charge in [0.15, 0.2) is 5.78 Å². The number of thiophene rings is 1. The molecule has 0 bridgehead atoms. The van der Waals surface area contributed by atoms with Crippen molar-refractivity contribution in [1.29, 1.82) is 0 Å². The Morgan fingerprint density at radius 3 is 2.69 bits per heavy atom. The third-order valence-electron chi connectivity index (χ3n) is 2.29. The zero-order chi connectivity index (χ0) is 11.7. The topological polar surface area (TPSA) is 17.1 Å². The third-order valence-corrected chi connectivity index (χ3v) is 3.44. The lowest BCUT2D eigenvalue weighted by atomic mass is 10.0. The molecule has 0 radical (unpaired) electrons. The van der Waals surface area contributed by atoms with E-state index in [4.69, 9.17) is 11.6 Å². The second kappa shape index (κ2) is 4.36. The molecule has 0 aliphatic carbocycles. The Labute approximate surface area is 101 Å². The van der Waals surface area contributed by atoms with Gasteiger partial charge in [0.05, 0.1) is 5.02 Å². The van der Waals surface area contributed by atoms with Crippen molar-refractivity contribution >= 4 is 28.7 Å². The summed E-state index contributed by atoms with van der Waals surface area (Å²) in [5, 5.41) is 1.87. The summed E-state index contributed by atoms with van der Waals surface area (Å²) >= 11 is 7.05. The fraction of sp³-hybridized carbons (Fsp3) is 0.0833. The fourth-order valence-corrected chi connectivity index (χ4v) is 2.23. The highest BCUT2D eigenvalue weighted by Crippen LogP contribution is 2.21. The molecule has 0 aliphatic rings. The van der Waals surface area contributed by atoms with Crippen LogP contribution in [0, 0.1) is 12.7 Å². The SMILES string of the molecule is Cc1sccc1C(=O)c1ccc(Cl)c(F)c1. The summed E-state index contributed by atoms with van der Waals surface area (Å²) in [6.45, 7) is 1.87. The highest BCUT2D eigenvalue weighted by atomic mass is 35.5. The third kappa shape index (κ3) is 2.01. The molecule has 2 aromatic rings. The van der Waals surface area contributed by atoms with E-state index in [1.807, 2.05) is 12.3 Å². The molecule has 0 fully saturated rings. The van der Waals surface area contributed by atoms with Crippen LogP contribution in [0.1, 0.15) is 20.8 Å². The molecule has 1 aromatic carbocycles. The maximum atomic E-state index is 13.2. The van der Waals surface area contributed by atoms with Crippen LogP contribution < -0.4 is 0 Å². The van der Waals surface area contributed by atoms with Crippen LogP contribution in [0.2, 0.25) is 5.02 Å². The van der Waals surface area contributed by atoms with Gasteiger partial charge in [-0.1, -0.05) is 11.6 Å². The van der Waals surface area contributed by atoms with E-state index in [1.165, 1.54) is 29.5 Å². The average Bonchev–Trinajstić information content (AvgIpc) is 2.67. The van der Waals surface area contributed by atoms with Gasteiger partial charge in [-0.05, 0) is 36.6 Å². The van der Waals surface area contributed by atoms with Crippen LogP contribution >= 0.6 is 22.9 Å². The first kappa shape index (κ1) is 11.3. The number of hydrogen-bond acceptors (Lipinski definition) is 2. The summed E-state index contributed by atoms with van der Waals surface area (Å²) in [6, 6.07) is 5.84. The molecule has 0 saturated carbocycles. The molecule has 1 aromatic heterocycles. The first-order chi connectivity index (χ1) is 7.59. The van der Waals surface area contributed by atoms with E-state index in [9.17, 15) is 9.18 Å². The predicted molar refractivity (Wildman–Crippen MR) is 63.9 cm³/mol. The Morgan fingerprint density at radius 2 is 2.12 bits per heavy atom. The number of carbonyl (C=O) groups excluding carboxylic acids is 1. The molecule has 0 saturated heterocycles. The minimum absolute atomic E-state index is 0.0265. The van der Waals surface area contributed by atoms with Gasteiger partial charge in [0, 0.05) is 16.0 Å². The molecule has 0 aliphatic heterocycles. The smallest absolute Gasteiger partial charge is 0.194 e. The number of hydrogen-bond donors (Lipinski definition) is 0. The van der Waals surface area contributed by atoms with Gasteiger partial charge in [-0.15, -0.1) is 11.3 Å². The number of halogens is 2. The van der Waals surface area contributed by atoms with Crippen LogP contribution in [-0.2, 0) is 0 Å². The zero-order valence-corrected chi connectivity index (χ0v) is 10.0. The van der Waals surface area contributed by atoms with Crippen molar-refractivity contribution in [2.45, 2.75) is 6.92 Å². The standard InChI is InChI=1S/C12H8ClFOS/c1-7-9(4-5-16-7)12(15)8-2-3-10(13)11(14)6-8/h2-6H,1H3. The van der Waals surface area contributed by atoms with Crippen LogP contribution in [0.5, 0.6) is 0 Å². The average molecular weight is 255 g/mol. The van der Waals surface area contributed by atoms with Gasteiger partial charge in [0.25, 0.3) is 0 Å². The maximum Gasteiger partial charge on any atom is 0.194 e. The highest BCUT2D eigenvalue weighted by Gasteiger charge is 2.14. The number of rotatable bonds is 2. The van der Waals surface area contributed by atoms with Crippen molar-refractivity contribution in [2.24, 2.45) is 0 Å². The van der Waals surface area contributed by atoms with E-state index in [1.54, 1.807) is 6.07 Å². The van der Waals surface area contributed by atoms with Crippen LogP contribution in [0.3, 0.4) is 0 Å². The molecule has 0 unspecified atom stereocenters. The van der Waals surface area contributed by atoms with Crippen molar-refractivity contribution in [2.75, 3.05) is 0 Å². The molecule has 0 amide bonds. The van der Waals surface area contributed by atoms with E-state index in [2.05, 4.69) is 0 Å². The molecule has 0 atom stereocenters. The summed E-state index contributed by atoms with van der Waals surface area (Å²) in [5.41, 5.74) is 0.940. The van der Waals surface area contributed by atoms with Crippen molar-refractivity contribution in [3.63, 3.8) is 0 Å². The molecular formula is C12H8ClFOS. The van der Waals surface area contributed by atoms with E-state index < -0.39 is 5.82 Å². The first-order valence-corrected chi connectivity index (χ1v) is 5.89. The monoisotopic (exact) mass is 254 g/mol. The quantitative estimate of drug-likeness (QED) is 0.738. The van der Waals surface area contributed by atoms with E-state index in [0.29, 0.717) is 11.1 Å². The molecule has 0 spiro atoms. The molecule has 1 nitrogen and oxygen atoms in total. The molecule has 2 rings (SSSR count). The lowest BCUT2D eigenvalue weighted by molar-refractivity contribution is 0.103. The van der Waals surface area contributed by atoms with Crippen molar-refractivity contribution in [3.8, 4) is 0 Å². The summed E-state index contributed by atoms with van der Waals surface area (Å²) in [7, 11) is 0. The van der Waals surface area contributed by atoms with Gasteiger partial charge in [-0.2, -0.15) is 0 Å². The van der Waals surface area contributed by atoms with Crippen LogP contribution in [0.25, 0.3) is 0 Å². The summed E-state index contributed by atoms with van der Waals surface area (Å²) < 4.78 is 13.2. The summed E-state index contributed by atoms with van der Waals surface area (Å²) in [5.74, 6) is -0.741. The highest BCUT2D eigenvalue weighted by molar-refractivity contribution is 7.10.